The van der Waals surface area contributed by atoms with Crippen molar-refractivity contribution in [3.05, 3.63) is 58.9 Å². The average Bonchev–Trinajstić information content (AvgIpc) is 3.44. The number of imidazole rings is 1. The van der Waals surface area contributed by atoms with Crippen LogP contribution in [-0.2, 0) is 22.4 Å². The number of methoxy groups -OCH3 is 1. The molecule has 192 valence electrons. The van der Waals surface area contributed by atoms with Crippen molar-refractivity contribution in [2.75, 3.05) is 32.1 Å². The summed E-state index contributed by atoms with van der Waals surface area (Å²) in [7, 11) is 1.86. The van der Waals surface area contributed by atoms with Gasteiger partial charge in [-0.1, -0.05) is 32.9 Å². The van der Waals surface area contributed by atoms with E-state index in [2.05, 4.69) is 65.9 Å². The molecule has 0 unspecified atom stereocenters. The highest BCUT2D eigenvalue weighted by Crippen LogP contribution is 2.35. The van der Waals surface area contributed by atoms with Gasteiger partial charge in [0.2, 0.25) is 5.91 Å². The quantitative estimate of drug-likeness (QED) is 0.478. The van der Waals surface area contributed by atoms with Gasteiger partial charge in [-0.05, 0) is 73.1 Å². The first-order valence-corrected chi connectivity index (χ1v) is 13.5. The van der Waals surface area contributed by atoms with E-state index in [0.29, 0.717) is 24.3 Å². The number of ether oxygens (including phenoxy) is 1. The third kappa shape index (κ3) is 4.94. The maximum atomic E-state index is 11.8. The zero-order valence-electron chi connectivity index (χ0n) is 22.4. The Hall–Kier alpha value is -2.70. The highest BCUT2D eigenvalue weighted by molar-refractivity contribution is 5.90. The number of hydrogen-bond acceptors (Lipinski definition) is 4. The zero-order chi connectivity index (χ0) is 25.4. The van der Waals surface area contributed by atoms with Gasteiger partial charge in [-0.15, -0.1) is 0 Å². The Morgan fingerprint density at radius 1 is 1.17 bits per heavy atom. The van der Waals surface area contributed by atoms with Gasteiger partial charge in [0, 0.05) is 44.8 Å². The van der Waals surface area contributed by atoms with Crippen LogP contribution in [0.25, 0.3) is 11.0 Å². The van der Waals surface area contributed by atoms with Crippen LogP contribution >= 0.6 is 0 Å². The second-order valence-electron chi connectivity index (χ2n) is 11.0. The molecule has 2 aliphatic rings. The molecular weight excluding hydrogens is 448 g/mol. The zero-order valence-corrected chi connectivity index (χ0v) is 22.4. The minimum Gasteiger partial charge on any atom is -0.378 e. The highest BCUT2D eigenvalue weighted by Gasteiger charge is 2.35. The summed E-state index contributed by atoms with van der Waals surface area (Å²) in [5.74, 6) is 2.19. The Bertz CT molecular complexity index is 1250. The van der Waals surface area contributed by atoms with E-state index in [-0.39, 0.29) is 12.0 Å². The van der Waals surface area contributed by atoms with E-state index in [0.717, 1.165) is 55.9 Å². The van der Waals surface area contributed by atoms with Crippen LogP contribution in [-0.4, -0.2) is 53.2 Å². The number of aromatic nitrogens is 2. The molecule has 36 heavy (non-hydrogen) atoms. The van der Waals surface area contributed by atoms with E-state index in [1.54, 1.807) is 0 Å². The van der Waals surface area contributed by atoms with Crippen LogP contribution in [0.15, 0.2) is 36.4 Å². The standard InChI is InChI=1S/C30H40N4O2/c1-6-29(35)31-24-9-8-22-14-21(15-23(22)16-24)17-33-12-11-27(28(18-33)36-5)34-26-10-7-20(4)13-25(26)32-30(34)19(2)3/h7-10,13,16,19,21,27-28H,6,11-12,14-15,17-18H2,1-5H3,(H,31,35)/t21-,27+,28+/m1/s1. The smallest absolute Gasteiger partial charge is 0.224 e. The number of nitrogens with one attached hydrogen (secondary N) is 1. The van der Waals surface area contributed by atoms with Crippen LogP contribution in [0.5, 0.6) is 0 Å². The number of fused-ring (bicyclic) bond motifs is 2. The van der Waals surface area contributed by atoms with Crippen molar-refractivity contribution < 1.29 is 9.53 Å². The number of aryl methyl sites for hydroxylation is 1. The van der Waals surface area contributed by atoms with E-state index < -0.39 is 0 Å². The normalized spacial score (nSPS) is 22.3. The molecule has 0 bridgehead atoms. The van der Waals surface area contributed by atoms with Crippen LogP contribution in [0.4, 0.5) is 5.69 Å². The molecule has 5 rings (SSSR count). The van der Waals surface area contributed by atoms with Gasteiger partial charge in [-0.2, -0.15) is 0 Å². The third-order valence-corrected chi connectivity index (χ3v) is 7.98. The van der Waals surface area contributed by atoms with E-state index in [9.17, 15) is 4.79 Å². The van der Waals surface area contributed by atoms with Gasteiger partial charge >= 0.3 is 0 Å². The predicted molar refractivity (Wildman–Crippen MR) is 146 cm³/mol. The number of nitrogens with zero attached hydrogens (tertiary/aromatic N) is 3. The van der Waals surface area contributed by atoms with E-state index >= 15 is 0 Å². The van der Waals surface area contributed by atoms with Gasteiger partial charge in [0.05, 0.1) is 23.2 Å². The molecule has 1 amide bonds. The van der Waals surface area contributed by atoms with E-state index in [4.69, 9.17) is 9.72 Å². The second kappa shape index (κ2) is 10.3. The largest absolute Gasteiger partial charge is 0.378 e. The lowest BCUT2D eigenvalue weighted by molar-refractivity contribution is -0.115. The SMILES string of the molecule is CCC(=O)Nc1ccc2c(c1)C[C@H](CN1CC[C@H](n3c(C(C)C)nc4cc(C)ccc43)[C@@H](OC)C1)C2. The van der Waals surface area contributed by atoms with Crippen molar-refractivity contribution in [2.45, 2.75) is 71.4 Å². The van der Waals surface area contributed by atoms with Crippen molar-refractivity contribution in [1.29, 1.82) is 0 Å². The molecule has 0 radical (unpaired) electrons. The first-order chi connectivity index (χ1) is 17.4. The minimum absolute atomic E-state index is 0.0689. The number of anilines is 1. The molecule has 3 atom stereocenters. The third-order valence-electron chi connectivity index (χ3n) is 7.98. The minimum atomic E-state index is 0.0689. The van der Waals surface area contributed by atoms with Gasteiger partial charge in [0.25, 0.3) is 0 Å². The summed E-state index contributed by atoms with van der Waals surface area (Å²) in [5.41, 5.74) is 7.29. The maximum absolute atomic E-state index is 11.8. The van der Waals surface area contributed by atoms with Gasteiger partial charge in [-0.25, -0.2) is 4.98 Å². The average molecular weight is 489 g/mol. The van der Waals surface area contributed by atoms with Gasteiger partial charge < -0.3 is 19.5 Å². The number of benzene rings is 2. The molecular formula is C30H40N4O2. The van der Waals surface area contributed by atoms with Gasteiger partial charge in [0.15, 0.2) is 0 Å². The van der Waals surface area contributed by atoms with Gasteiger partial charge in [-0.3, -0.25) is 4.79 Å². The molecule has 6 nitrogen and oxygen atoms in total. The molecule has 1 N–H and O–H groups in total. The topological polar surface area (TPSA) is 59.4 Å². The second-order valence-corrected chi connectivity index (χ2v) is 11.0. The molecule has 0 saturated carbocycles. The Morgan fingerprint density at radius 3 is 2.72 bits per heavy atom. The van der Waals surface area contributed by atoms with Crippen molar-refractivity contribution in [3.63, 3.8) is 0 Å². The summed E-state index contributed by atoms with van der Waals surface area (Å²) >= 11 is 0. The summed E-state index contributed by atoms with van der Waals surface area (Å²) in [6.07, 6.45) is 3.88. The van der Waals surface area contributed by atoms with Crippen LogP contribution in [0, 0.1) is 12.8 Å². The Morgan fingerprint density at radius 2 is 1.97 bits per heavy atom. The Balaban J connectivity index is 1.28. The number of carbonyl (C=O) groups is 1. The van der Waals surface area contributed by atoms with E-state index in [1.807, 2.05) is 20.1 Å². The van der Waals surface area contributed by atoms with Crippen LogP contribution < -0.4 is 5.32 Å². The molecule has 6 heteroatoms. The summed E-state index contributed by atoms with van der Waals surface area (Å²) in [5, 5.41) is 3.00. The lowest BCUT2D eigenvalue weighted by Crippen LogP contribution is -2.47. The molecule has 1 aliphatic heterocycles. The predicted octanol–water partition coefficient (Wildman–Crippen LogP) is 5.49. The highest BCUT2D eigenvalue weighted by atomic mass is 16.5. The van der Waals surface area contributed by atoms with Crippen LogP contribution in [0.3, 0.4) is 0 Å². The van der Waals surface area contributed by atoms with Crippen molar-refractivity contribution in [2.24, 2.45) is 5.92 Å². The molecule has 1 saturated heterocycles. The molecule has 2 aromatic carbocycles. The first kappa shape index (κ1) is 25.0. The fraction of sp³-hybridized carbons (Fsp3) is 0.533. The van der Waals surface area contributed by atoms with Crippen LogP contribution in [0.2, 0.25) is 0 Å². The molecule has 3 aromatic rings. The summed E-state index contributed by atoms with van der Waals surface area (Å²) in [6, 6.07) is 13.3. The molecule has 1 aromatic heterocycles. The number of hydrogen-bond donors (Lipinski definition) is 1. The fourth-order valence-corrected chi connectivity index (χ4v) is 6.17. The Kier molecular flexibility index (Phi) is 7.18. The van der Waals surface area contributed by atoms with E-state index in [1.165, 1.54) is 22.2 Å². The summed E-state index contributed by atoms with van der Waals surface area (Å²) in [6.45, 7) is 11.6. The van der Waals surface area contributed by atoms with Crippen molar-refractivity contribution in [1.82, 2.24) is 14.5 Å². The lowest BCUT2D eigenvalue weighted by Gasteiger charge is -2.40. The number of piperidine rings is 1. The Labute approximate surface area is 215 Å². The maximum Gasteiger partial charge on any atom is 0.224 e. The summed E-state index contributed by atoms with van der Waals surface area (Å²) < 4.78 is 8.60. The summed E-state index contributed by atoms with van der Waals surface area (Å²) in [4.78, 5) is 19.4. The van der Waals surface area contributed by atoms with Crippen molar-refractivity contribution in [3.8, 4) is 0 Å². The molecule has 0 spiro atoms. The fourth-order valence-electron chi connectivity index (χ4n) is 6.17. The monoisotopic (exact) mass is 488 g/mol. The molecule has 2 heterocycles. The number of amides is 1. The number of rotatable bonds is 7. The van der Waals surface area contributed by atoms with Crippen molar-refractivity contribution >= 4 is 22.6 Å². The molecule has 1 aliphatic carbocycles. The number of likely N-dealkylation sites (tertiary alicyclic amines) is 1. The van der Waals surface area contributed by atoms with Gasteiger partial charge in [0.1, 0.15) is 5.82 Å². The lowest BCUT2D eigenvalue weighted by atomic mass is 9.97. The molecule has 1 fully saturated rings. The number of carbonyl (C=O) groups excluding carboxylic acids is 1. The first-order valence-electron chi connectivity index (χ1n) is 13.5. The van der Waals surface area contributed by atoms with Crippen LogP contribution in [0.1, 0.15) is 68.1 Å².